The van der Waals surface area contributed by atoms with Gasteiger partial charge in [-0.25, -0.2) is 0 Å². The van der Waals surface area contributed by atoms with Gasteiger partial charge in [0.05, 0.1) is 17.8 Å². The zero-order chi connectivity index (χ0) is 10.7. The molecule has 4 heteroatoms. The largest absolute Gasteiger partial charge is 0.379 e. The molecule has 1 aromatic rings. The van der Waals surface area contributed by atoms with Crippen molar-refractivity contribution in [2.75, 3.05) is 7.11 Å². The first-order valence-electron chi connectivity index (χ1n) is 4.84. The van der Waals surface area contributed by atoms with E-state index in [0.717, 1.165) is 5.69 Å². The fourth-order valence-corrected chi connectivity index (χ4v) is 1.61. The topological polar surface area (TPSA) is 53.1 Å². The lowest BCUT2D eigenvalue weighted by Gasteiger charge is -2.24. The highest BCUT2D eigenvalue weighted by Gasteiger charge is 2.23. The van der Waals surface area contributed by atoms with Gasteiger partial charge in [-0.15, -0.1) is 0 Å². The van der Waals surface area contributed by atoms with Crippen molar-refractivity contribution in [3.8, 4) is 0 Å². The third-order valence-electron chi connectivity index (χ3n) is 2.36. The van der Waals surface area contributed by atoms with Crippen LogP contribution in [0.4, 0.5) is 0 Å². The summed E-state index contributed by atoms with van der Waals surface area (Å²) < 4.78 is 7.12. The van der Waals surface area contributed by atoms with Crippen LogP contribution in [0.25, 0.3) is 0 Å². The van der Waals surface area contributed by atoms with Crippen molar-refractivity contribution in [1.29, 1.82) is 0 Å². The van der Waals surface area contributed by atoms with Crippen LogP contribution in [0, 0.1) is 5.92 Å². The van der Waals surface area contributed by atoms with Crippen molar-refractivity contribution in [2.24, 2.45) is 18.7 Å². The summed E-state index contributed by atoms with van der Waals surface area (Å²) in [6.07, 6.45) is 1.91. The molecule has 0 aliphatic carbocycles. The first-order chi connectivity index (χ1) is 6.56. The van der Waals surface area contributed by atoms with Crippen LogP contribution in [0.15, 0.2) is 12.3 Å². The van der Waals surface area contributed by atoms with Crippen LogP contribution in [0.3, 0.4) is 0 Å². The molecule has 0 aromatic carbocycles. The number of hydrogen-bond donors (Lipinski definition) is 1. The lowest BCUT2D eigenvalue weighted by molar-refractivity contribution is 0.0425. The van der Waals surface area contributed by atoms with Crippen LogP contribution in [0.1, 0.15) is 25.6 Å². The minimum atomic E-state index is -0.152. The minimum Gasteiger partial charge on any atom is -0.379 e. The number of hydrogen-bond acceptors (Lipinski definition) is 3. The number of aromatic nitrogens is 2. The number of nitrogens with two attached hydrogens (primary N) is 1. The second-order valence-corrected chi connectivity index (χ2v) is 3.88. The molecule has 0 aliphatic heterocycles. The second-order valence-electron chi connectivity index (χ2n) is 3.88. The number of rotatable bonds is 4. The summed E-state index contributed by atoms with van der Waals surface area (Å²) in [6.45, 7) is 4.19. The molecule has 1 heterocycles. The summed E-state index contributed by atoms with van der Waals surface area (Å²) >= 11 is 0. The zero-order valence-electron chi connectivity index (χ0n) is 9.27. The summed E-state index contributed by atoms with van der Waals surface area (Å²) in [4.78, 5) is 0. The summed E-state index contributed by atoms with van der Waals surface area (Å²) in [5.74, 6) is 0.386. The molecule has 80 valence electrons. The van der Waals surface area contributed by atoms with E-state index in [-0.39, 0.29) is 12.1 Å². The van der Waals surface area contributed by atoms with E-state index in [0.29, 0.717) is 5.92 Å². The fourth-order valence-electron chi connectivity index (χ4n) is 1.61. The first-order valence-corrected chi connectivity index (χ1v) is 4.84. The third kappa shape index (κ3) is 2.33. The van der Waals surface area contributed by atoms with E-state index in [1.165, 1.54) is 0 Å². The summed E-state index contributed by atoms with van der Waals surface area (Å²) in [5, 5.41) is 4.27. The quantitative estimate of drug-likeness (QED) is 0.786. The van der Waals surface area contributed by atoms with Crippen LogP contribution in [-0.2, 0) is 11.8 Å². The van der Waals surface area contributed by atoms with Gasteiger partial charge < -0.3 is 10.5 Å². The Morgan fingerprint density at radius 1 is 1.50 bits per heavy atom. The lowest BCUT2D eigenvalue weighted by atomic mass is 9.98. The molecule has 0 spiro atoms. The van der Waals surface area contributed by atoms with Crippen LogP contribution < -0.4 is 5.73 Å². The number of nitrogens with zero attached hydrogens (tertiary/aromatic N) is 2. The Morgan fingerprint density at radius 3 is 2.50 bits per heavy atom. The monoisotopic (exact) mass is 197 g/mol. The van der Waals surface area contributed by atoms with E-state index in [1.807, 2.05) is 19.3 Å². The predicted octanol–water partition coefficient (Wildman–Crippen LogP) is 1.09. The number of methoxy groups -OCH3 is 1. The van der Waals surface area contributed by atoms with Gasteiger partial charge in [-0.2, -0.15) is 5.10 Å². The molecular weight excluding hydrogens is 178 g/mol. The van der Waals surface area contributed by atoms with E-state index in [2.05, 4.69) is 18.9 Å². The van der Waals surface area contributed by atoms with Gasteiger partial charge in [0.2, 0.25) is 0 Å². The normalized spacial score (nSPS) is 15.9. The molecule has 0 bridgehead atoms. The molecule has 0 saturated carbocycles. The molecule has 0 aliphatic rings. The Labute approximate surface area is 85.0 Å². The molecule has 1 rings (SSSR count). The molecule has 2 atom stereocenters. The van der Waals surface area contributed by atoms with Gasteiger partial charge >= 0.3 is 0 Å². The van der Waals surface area contributed by atoms with Gasteiger partial charge in [0.25, 0.3) is 0 Å². The zero-order valence-corrected chi connectivity index (χ0v) is 9.27. The van der Waals surface area contributed by atoms with Crippen LogP contribution >= 0.6 is 0 Å². The van der Waals surface area contributed by atoms with Crippen molar-refractivity contribution in [3.63, 3.8) is 0 Å². The first kappa shape index (κ1) is 11.2. The maximum absolute atomic E-state index is 6.06. The highest BCUT2D eigenvalue weighted by atomic mass is 16.5. The Kier molecular flexibility index (Phi) is 3.66. The summed E-state index contributed by atoms with van der Waals surface area (Å²) in [7, 11) is 3.57. The minimum absolute atomic E-state index is 0.0184. The Balaban J connectivity index is 2.77. The van der Waals surface area contributed by atoms with Gasteiger partial charge in [0, 0.05) is 20.4 Å². The molecule has 2 N–H and O–H groups in total. The van der Waals surface area contributed by atoms with Crippen LogP contribution in [0.5, 0.6) is 0 Å². The summed E-state index contributed by atoms with van der Waals surface area (Å²) in [5.41, 5.74) is 6.95. The lowest BCUT2D eigenvalue weighted by Crippen LogP contribution is -2.32. The molecule has 0 saturated heterocycles. The van der Waals surface area contributed by atoms with Crippen molar-refractivity contribution in [2.45, 2.75) is 26.0 Å². The van der Waals surface area contributed by atoms with Crippen molar-refractivity contribution in [1.82, 2.24) is 9.78 Å². The van der Waals surface area contributed by atoms with Crippen LogP contribution in [-0.4, -0.2) is 23.0 Å². The molecule has 4 nitrogen and oxygen atoms in total. The van der Waals surface area contributed by atoms with E-state index in [1.54, 1.807) is 11.8 Å². The highest BCUT2D eigenvalue weighted by molar-refractivity contribution is 5.07. The van der Waals surface area contributed by atoms with E-state index >= 15 is 0 Å². The molecule has 14 heavy (non-hydrogen) atoms. The average Bonchev–Trinajstić information content (AvgIpc) is 2.52. The van der Waals surface area contributed by atoms with Gasteiger partial charge in [-0.05, 0) is 12.0 Å². The smallest absolute Gasteiger partial charge is 0.0818 e. The second kappa shape index (κ2) is 4.57. The Morgan fingerprint density at radius 2 is 2.14 bits per heavy atom. The van der Waals surface area contributed by atoms with E-state index in [4.69, 9.17) is 10.5 Å². The molecule has 1 aromatic heterocycles. The number of aryl methyl sites for hydroxylation is 1. The summed E-state index contributed by atoms with van der Waals surface area (Å²) in [6, 6.07) is 1.78. The van der Waals surface area contributed by atoms with Gasteiger partial charge in [-0.1, -0.05) is 13.8 Å². The molecule has 2 unspecified atom stereocenters. The Bertz CT molecular complexity index is 283. The number of ether oxygens (including phenoxy) is 1. The highest BCUT2D eigenvalue weighted by Crippen LogP contribution is 2.20. The average molecular weight is 197 g/mol. The van der Waals surface area contributed by atoms with Crippen molar-refractivity contribution >= 4 is 0 Å². The standard InChI is InChI=1S/C10H19N3O/c1-7(2)10(14-4)9(11)8-5-6-13(3)12-8/h5-7,9-10H,11H2,1-4H3. The van der Waals surface area contributed by atoms with Crippen LogP contribution in [0.2, 0.25) is 0 Å². The molecule has 0 radical (unpaired) electrons. The maximum Gasteiger partial charge on any atom is 0.0818 e. The predicted molar refractivity (Wildman–Crippen MR) is 55.8 cm³/mol. The SMILES string of the molecule is COC(C(C)C)C(N)c1ccn(C)n1. The molecule has 0 fully saturated rings. The van der Waals surface area contributed by atoms with Crippen molar-refractivity contribution < 1.29 is 4.74 Å². The van der Waals surface area contributed by atoms with Gasteiger partial charge in [0.1, 0.15) is 0 Å². The maximum atomic E-state index is 6.06. The third-order valence-corrected chi connectivity index (χ3v) is 2.36. The van der Waals surface area contributed by atoms with Crippen molar-refractivity contribution in [3.05, 3.63) is 18.0 Å². The van der Waals surface area contributed by atoms with E-state index in [9.17, 15) is 0 Å². The Hall–Kier alpha value is -0.870. The van der Waals surface area contributed by atoms with Gasteiger partial charge in [-0.3, -0.25) is 4.68 Å². The molecular formula is C10H19N3O. The van der Waals surface area contributed by atoms with E-state index < -0.39 is 0 Å². The molecule has 0 amide bonds. The van der Waals surface area contributed by atoms with Gasteiger partial charge in [0.15, 0.2) is 0 Å². The fraction of sp³-hybridized carbons (Fsp3) is 0.700.